The summed E-state index contributed by atoms with van der Waals surface area (Å²) in [7, 11) is 0. The second kappa shape index (κ2) is 8.70. The van der Waals surface area contributed by atoms with E-state index in [1.165, 1.54) is 23.1 Å². The van der Waals surface area contributed by atoms with E-state index in [0.717, 1.165) is 24.3 Å². The molecule has 3 rings (SSSR count). The van der Waals surface area contributed by atoms with Gasteiger partial charge in [0, 0.05) is 0 Å². The quantitative estimate of drug-likeness (QED) is 0.531. The van der Waals surface area contributed by atoms with Crippen LogP contribution < -0.4 is 0 Å². The summed E-state index contributed by atoms with van der Waals surface area (Å²) in [6.45, 7) is 0.270. The molecule has 0 saturated carbocycles. The molecule has 0 amide bonds. The molecule has 31 heavy (non-hydrogen) atoms. The molecule has 10 heteroatoms. The Bertz CT molecular complexity index is 942. The molecule has 1 fully saturated rings. The molecule has 2 aromatic carbocycles. The van der Waals surface area contributed by atoms with Crippen molar-refractivity contribution in [2.75, 3.05) is 6.54 Å². The van der Waals surface area contributed by atoms with Crippen LogP contribution in [0.3, 0.4) is 0 Å². The molecule has 1 aliphatic rings. The predicted octanol–water partition coefficient (Wildman–Crippen LogP) is 6.41. The van der Waals surface area contributed by atoms with Crippen LogP contribution in [0.5, 0.6) is 0 Å². The van der Waals surface area contributed by atoms with Gasteiger partial charge >= 0.3 is 18.3 Å². The van der Waals surface area contributed by atoms with Gasteiger partial charge in [0.2, 0.25) is 0 Å². The average Bonchev–Trinajstić information content (AvgIpc) is 2.68. The van der Waals surface area contributed by atoms with E-state index >= 15 is 0 Å². The van der Waals surface area contributed by atoms with E-state index in [1.807, 2.05) is 0 Å². The minimum absolute atomic E-state index is 0.102. The van der Waals surface area contributed by atoms with Gasteiger partial charge in [-0.2, -0.15) is 26.3 Å². The predicted molar refractivity (Wildman–Crippen MR) is 102 cm³/mol. The van der Waals surface area contributed by atoms with Gasteiger partial charge in [0.25, 0.3) is 0 Å². The summed E-state index contributed by atoms with van der Waals surface area (Å²) in [5, 5.41) is 9.12. The maximum absolute atomic E-state index is 13.4. The molecule has 1 aliphatic heterocycles. The van der Waals surface area contributed by atoms with Gasteiger partial charge in [-0.25, -0.2) is 0 Å². The Hall–Kier alpha value is -2.26. The summed E-state index contributed by atoms with van der Waals surface area (Å²) in [6.07, 6.45) is -7.80. The summed E-state index contributed by atoms with van der Waals surface area (Å²) in [5.41, 5.74) is -1.63. The van der Waals surface area contributed by atoms with Crippen molar-refractivity contribution < 1.29 is 36.2 Å². The number of nitrogens with zero attached hydrogens (tertiary/aromatic N) is 1. The lowest BCUT2D eigenvalue weighted by Crippen LogP contribution is -2.46. The number of carbonyl (C=O) groups is 1. The topological polar surface area (TPSA) is 40.5 Å². The van der Waals surface area contributed by atoms with Gasteiger partial charge < -0.3 is 5.11 Å². The maximum Gasteiger partial charge on any atom is 0.417 e. The average molecular weight is 466 g/mol. The highest BCUT2D eigenvalue weighted by Crippen LogP contribution is 2.40. The number of piperidine rings is 1. The monoisotopic (exact) mass is 465 g/mol. The van der Waals surface area contributed by atoms with Crippen LogP contribution in [-0.2, 0) is 17.1 Å². The van der Waals surface area contributed by atoms with E-state index < -0.39 is 46.6 Å². The molecule has 2 atom stereocenters. The summed E-state index contributed by atoms with van der Waals surface area (Å²) < 4.78 is 79.1. The molecular weight excluding hydrogens is 448 g/mol. The standard InChI is InChI=1S/C21H18ClF6NO2/c22-16-9-6-13(11-15(16)21(26,27)28)18(29-10-2-1-3-17(29)19(30)31)12-4-7-14(8-5-12)20(23,24)25/h4-9,11,17-18H,1-3,10H2,(H,30,31). The van der Waals surface area contributed by atoms with Crippen LogP contribution in [0, 0.1) is 0 Å². The van der Waals surface area contributed by atoms with Gasteiger partial charge in [-0.1, -0.05) is 36.2 Å². The van der Waals surface area contributed by atoms with Crippen molar-refractivity contribution >= 4 is 17.6 Å². The van der Waals surface area contributed by atoms with Crippen LogP contribution in [-0.4, -0.2) is 28.6 Å². The third-order valence-corrected chi connectivity index (χ3v) is 5.66. The molecule has 0 aromatic heterocycles. The van der Waals surface area contributed by atoms with Crippen LogP contribution in [0.1, 0.15) is 47.6 Å². The smallest absolute Gasteiger partial charge is 0.417 e. The van der Waals surface area contributed by atoms with Crippen molar-refractivity contribution in [1.82, 2.24) is 4.90 Å². The van der Waals surface area contributed by atoms with Gasteiger partial charge in [0.1, 0.15) is 6.04 Å². The maximum atomic E-state index is 13.4. The normalized spacial score (nSPS) is 19.3. The number of carboxylic acids is 1. The highest BCUT2D eigenvalue weighted by molar-refractivity contribution is 6.31. The molecule has 2 aromatic rings. The van der Waals surface area contributed by atoms with Crippen molar-refractivity contribution in [3.8, 4) is 0 Å². The number of rotatable bonds is 4. The van der Waals surface area contributed by atoms with Gasteiger partial charge in [0.05, 0.1) is 22.2 Å². The SMILES string of the molecule is O=C(O)C1CCCCN1C(c1ccc(C(F)(F)F)cc1)c1ccc(Cl)c(C(F)(F)F)c1. The largest absolute Gasteiger partial charge is 0.480 e. The number of likely N-dealkylation sites (tertiary alicyclic amines) is 1. The number of hydrogen-bond donors (Lipinski definition) is 1. The molecule has 3 nitrogen and oxygen atoms in total. The first-order valence-electron chi connectivity index (χ1n) is 9.42. The first-order chi connectivity index (χ1) is 14.4. The molecule has 168 valence electrons. The zero-order valence-electron chi connectivity index (χ0n) is 16.0. The van der Waals surface area contributed by atoms with Crippen molar-refractivity contribution in [2.24, 2.45) is 0 Å². The summed E-state index contributed by atoms with van der Waals surface area (Å²) in [6, 6.07) is 5.28. The molecular formula is C21H18ClF6NO2. The minimum atomic E-state index is -4.74. The molecule has 1 N–H and O–H groups in total. The Morgan fingerprint density at radius 1 is 0.968 bits per heavy atom. The van der Waals surface area contributed by atoms with Crippen LogP contribution in [0.15, 0.2) is 42.5 Å². The van der Waals surface area contributed by atoms with Crippen molar-refractivity contribution in [1.29, 1.82) is 0 Å². The zero-order chi connectivity index (χ0) is 23.0. The second-order valence-electron chi connectivity index (χ2n) is 7.35. The minimum Gasteiger partial charge on any atom is -0.480 e. The molecule has 0 aliphatic carbocycles. The molecule has 1 heterocycles. The van der Waals surface area contributed by atoms with Crippen molar-refractivity contribution in [3.63, 3.8) is 0 Å². The van der Waals surface area contributed by atoms with Crippen LogP contribution >= 0.6 is 11.6 Å². The van der Waals surface area contributed by atoms with Gasteiger partial charge in [-0.15, -0.1) is 0 Å². The van der Waals surface area contributed by atoms with E-state index in [-0.39, 0.29) is 24.1 Å². The number of carboxylic acid groups (broad SMARTS) is 1. The highest BCUT2D eigenvalue weighted by atomic mass is 35.5. The Morgan fingerprint density at radius 3 is 2.13 bits per heavy atom. The third-order valence-electron chi connectivity index (χ3n) is 5.33. The fraction of sp³-hybridized carbons (Fsp3) is 0.381. The lowest BCUT2D eigenvalue weighted by atomic mass is 9.90. The molecule has 2 unspecified atom stereocenters. The Balaban J connectivity index is 2.14. The number of benzene rings is 2. The highest BCUT2D eigenvalue weighted by Gasteiger charge is 2.38. The van der Waals surface area contributed by atoms with E-state index in [1.54, 1.807) is 0 Å². The number of halogens is 7. The van der Waals surface area contributed by atoms with E-state index in [0.29, 0.717) is 12.8 Å². The summed E-state index contributed by atoms with van der Waals surface area (Å²) >= 11 is 5.71. The van der Waals surface area contributed by atoms with Crippen LogP contribution in [0.2, 0.25) is 5.02 Å². The van der Waals surface area contributed by atoms with Crippen LogP contribution in [0.4, 0.5) is 26.3 Å². The fourth-order valence-electron chi connectivity index (χ4n) is 3.89. The first-order valence-corrected chi connectivity index (χ1v) is 9.79. The van der Waals surface area contributed by atoms with Gasteiger partial charge in [0.15, 0.2) is 0 Å². The summed E-state index contributed by atoms with van der Waals surface area (Å²) in [4.78, 5) is 13.3. The lowest BCUT2D eigenvalue weighted by Gasteiger charge is -2.40. The van der Waals surface area contributed by atoms with Crippen molar-refractivity contribution in [3.05, 3.63) is 69.7 Å². The lowest BCUT2D eigenvalue weighted by molar-refractivity contribution is -0.145. The Labute approximate surface area is 179 Å². The Kier molecular flexibility index (Phi) is 6.57. The molecule has 0 radical (unpaired) electrons. The van der Waals surface area contributed by atoms with E-state index in [9.17, 15) is 36.2 Å². The fourth-order valence-corrected chi connectivity index (χ4v) is 4.11. The van der Waals surface area contributed by atoms with Crippen LogP contribution in [0.25, 0.3) is 0 Å². The van der Waals surface area contributed by atoms with Gasteiger partial charge in [-0.05, 0) is 54.8 Å². The molecule has 0 bridgehead atoms. The zero-order valence-corrected chi connectivity index (χ0v) is 16.7. The third kappa shape index (κ3) is 5.15. The number of alkyl halides is 6. The summed E-state index contributed by atoms with van der Waals surface area (Å²) in [5.74, 6) is -1.14. The number of aliphatic carboxylic acids is 1. The van der Waals surface area contributed by atoms with E-state index in [2.05, 4.69) is 0 Å². The van der Waals surface area contributed by atoms with Gasteiger partial charge in [-0.3, -0.25) is 9.69 Å². The van der Waals surface area contributed by atoms with Crippen molar-refractivity contribution in [2.45, 2.75) is 43.7 Å². The first kappa shape index (κ1) is 23.4. The number of hydrogen-bond acceptors (Lipinski definition) is 2. The molecule has 0 spiro atoms. The molecule has 1 saturated heterocycles. The second-order valence-corrected chi connectivity index (χ2v) is 7.75. The van der Waals surface area contributed by atoms with E-state index in [4.69, 9.17) is 11.6 Å². The Morgan fingerprint density at radius 2 is 1.58 bits per heavy atom.